The zero-order chi connectivity index (χ0) is 18.7. The number of nitrogens with zero attached hydrogens (tertiary/aromatic N) is 2. The van der Waals surface area contributed by atoms with Crippen LogP contribution in [-0.4, -0.2) is 43.0 Å². The second-order valence-electron chi connectivity index (χ2n) is 6.35. The van der Waals surface area contributed by atoms with Gasteiger partial charge in [0.15, 0.2) is 0 Å². The first-order chi connectivity index (χ1) is 12.6. The van der Waals surface area contributed by atoms with Crippen molar-refractivity contribution >= 4 is 17.5 Å². The summed E-state index contributed by atoms with van der Waals surface area (Å²) in [7, 11) is 1.54. The van der Waals surface area contributed by atoms with E-state index in [2.05, 4.69) is 6.92 Å². The van der Waals surface area contributed by atoms with Gasteiger partial charge in [0, 0.05) is 18.8 Å². The molecule has 1 heterocycles. The molecule has 0 saturated carbocycles. The molecule has 2 aromatic carbocycles. The van der Waals surface area contributed by atoms with E-state index >= 15 is 0 Å². The topological polar surface area (TPSA) is 49.9 Å². The molecule has 136 valence electrons. The van der Waals surface area contributed by atoms with Crippen LogP contribution in [-0.2, 0) is 11.2 Å². The molecule has 1 fully saturated rings. The molecule has 1 aliphatic heterocycles. The maximum absolute atomic E-state index is 13.0. The van der Waals surface area contributed by atoms with Crippen molar-refractivity contribution in [3.8, 4) is 5.75 Å². The van der Waals surface area contributed by atoms with Gasteiger partial charge in [-0.3, -0.25) is 9.59 Å². The molecule has 2 aromatic rings. The summed E-state index contributed by atoms with van der Waals surface area (Å²) in [6.45, 7) is 4.84. The fourth-order valence-electron chi connectivity index (χ4n) is 3.44. The maximum Gasteiger partial charge on any atom is 0.258 e. The Morgan fingerprint density at radius 2 is 1.81 bits per heavy atom. The minimum absolute atomic E-state index is 0.0552. The standard InChI is InChI=1S/C21H24N2O3/c1-4-16-9-5-7-11-18(16)23-14-13-22(15(2)20(23)24)21(25)17-10-6-8-12-19(17)26-3/h5-12,15H,4,13-14H2,1-3H3. The van der Waals surface area contributed by atoms with Crippen molar-refractivity contribution in [1.29, 1.82) is 0 Å². The van der Waals surface area contributed by atoms with Crippen LogP contribution in [0.15, 0.2) is 48.5 Å². The summed E-state index contributed by atoms with van der Waals surface area (Å²) in [6, 6.07) is 14.5. The van der Waals surface area contributed by atoms with E-state index in [1.54, 1.807) is 42.0 Å². The second-order valence-corrected chi connectivity index (χ2v) is 6.35. The monoisotopic (exact) mass is 352 g/mol. The Morgan fingerprint density at radius 1 is 1.12 bits per heavy atom. The zero-order valence-electron chi connectivity index (χ0n) is 15.4. The highest BCUT2D eigenvalue weighted by molar-refractivity contribution is 6.04. The van der Waals surface area contributed by atoms with Gasteiger partial charge in [0.25, 0.3) is 5.91 Å². The number of ether oxygens (including phenoxy) is 1. The third-order valence-corrected chi connectivity index (χ3v) is 4.92. The minimum Gasteiger partial charge on any atom is -0.496 e. The van der Waals surface area contributed by atoms with Gasteiger partial charge in [-0.15, -0.1) is 0 Å². The number of aryl methyl sites for hydroxylation is 1. The normalized spacial score (nSPS) is 17.3. The Hall–Kier alpha value is -2.82. The van der Waals surface area contributed by atoms with Crippen LogP contribution >= 0.6 is 0 Å². The summed E-state index contributed by atoms with van der Waals surface area (Å²) in [5, 5.41) is 0. The van der Waals surface area contributed by atoms with Crippen molar-refractivity contribution in [1.82, 2.24) is 4.90 Å². The largest absolute Gasteiger partial charge is 0.496 e. The van der Waals surface area contributed by atoms with E-state index in [-0.39, 0.29) is 11.8 Å². The summed E-state index contributed by atoms with van der Waals surface area (Å²) < 4.78 is 5.30. The molecule has 1 aliphatic rings. The molecule has 2 amide bonds. The van der Waals surface area contributed by atoms with Crippen molar-refractivity contribution in [3.63, 3.8) is 0 Å². The van der Waals surface area contributed by atoms with Crippen LogP contribution in [0.2, 0.25) is 0 Å². The Kier molecular flexibility index (Phi) is 5.26. The first-order valence-corrected chi connectivity index (χ1v) is 8.91. The van der Waals surface area contributed by atoms with Crippen LogP contribution in [0.5, 0.6) is 5.75 Å². The number of rotatable bonds is 4. The van der Waals surface area contributed by atoms with Gasteiger partial charge in [-0.1, -0.05) is 37.3 Å². The molecule has 1 saturated heterocycles. The average molecular weight is 352 g/mol. The minimum atomic E-state index is -0.522. The van der Waals surface area contributed by atoms with E-state index < -0.39 is 6.04 Å². The number of hydrogen-bond acceptors (Lipinski definition) is 3. The molecule has 0 N–H and O–H groups in total. The summed E-state index contributed by atoms with van der Waals surface area (Å²) in [6.07, 6.45) is 0.859. The zero-order valence-corrected chi connectivity index (χ0v) is 15.4. The lowest BCUT2D eigenvalue weighted by atomic mass is 10.0. The number of methoxy groups -OCH3 is 1. The van der Waals surface area contributed by atoms with Gasteiger partial charge in [0.1, 0.15) is 11.8 Å². The molecule has 1 unspecified atom stereocenters. The SMILES string of the molecule is CCc1ccccc1N1CCN(C(=O)c2ccccc2OC)C(C)C1=O. The highest BCUT2D eigenvalue weighted by atomic mass is 16.5. The van der Waals surface area contributed by atoms with Crippen LogP contribution in [0.3, 0.4) is 0 Å². The Labute approximate surface area is 154 Å². The van der Waals surface area contributed by atoms with Crippen molar-refractivity contribution < 1.29 is 14.3 Å². The first-order valence-electron chi connectivity index (χ1n) is 8.91. The predicted octanol–water partition coefficient (Wildman–Crippen LogP) is 3.14. The van der Waals surface area contributed by atoms with Crippen LogP contribution < -0.4 is 9.64 Å². The van der Waals surface area contributed by atoms with Crippen molar-refractivity contribution in [2.45, 2.75) is 26.3 Å². The number of amides is 2. The average Bonchev–Trinajstić information content (AvgIpc) is 2.69. The summed E-state index contributed by atoms with van der Waals surface area (Å²) in [4.78, 5) is 29.4. The van der Waals surface area contributed by atoms with E-state index in [4.69, 9.17) is 4.74 Å². The molecule has 5 nitrogen and oxygen atoms in total. The lowest BCUT2D eigenvalue weighted by Gasteiger charge is -2.39. The van der Waals surface area contributed by atoms with Gasteiger partial charge in [-0.25, -0.2) is 0 Å². The van der Waals surface area contributed by atoms with E-state index in [9.17, 15) is 9.59 Å². The van der Waals surface area contributed by atoms with Crippen molar-refractivity contribution in [3.05, 3.63) is 59.7 Å². The van der Waals surface area contributed by atoms with Gasteiger partial charge in [-0.2, -0.15) is 0 Å². The van der Waals surface area contributed by atoms with E-state index in [1.807, 2.05) is 30.3 Å². The van der Waals surface area contributed by atoms with Gasteiger partial charge < -0.3 is 14.5 Å². The summed E-state index contributed by atoms with van der Waals surface area (Å²) in [5.41, 5.74) is 2.56. The first kappa shape index (κ1) is 18.0. The molecule has 5 heteroatoms. The Morgan fingerprint density at radius 3 is 2.54 bits per heavy atom. The molecule has 0 radical (unpaired) electrons. The van der Waals surface area contributed by atoms with Gasteiger partial charge in [0.05, 0.1) is 12.7 Å². The Balaban J connectivity index is 1.85. The Bertz CT molecular complexity index is 818. The van der Waals surface area contributed by atoms with E-state index in [1.165, 1.54) is 0 Å². The van der Waals surface area contributed by atoms with Crippen molar-refractivity contribution in [2.24, 2.45) is 0 Å². The molecule has 26 heavy (non-hydrogen) atoms. The van der Waals surface area contributed by atoms with Gasteiger partial charge in [-0.05, 0) is 37.1 Å². The number of anilines is 1. The van der Waals surface area contributed by atoms with E-state index in [0.29, 0.717) is 24.4 Å². The molecule has 0 aliphatic carbocycles. The van der Waals surface area contributed by atoms with Crippen LogP contribution in [0.4, 0.5) is 5.69 Å². The molecule has 3 rings (SSSR count). The summed E-state index contributed by atoms with van der Waals surface area (Å²) >= 11 is 0. The highest BCUT2D eigenvalue weighted by Gasteiger charge is 2.36. The van der Waals surface area contributed by atoms with Crippen molar-refractivity contribution in [2.75, 3.05) is 25.1 Å². The van der Waals surface area contributed by atoms with Crippen LogP contribution in [0, 0.1) is 0 Å². The molecule has 0 bridgehead atoms. The second kappa shape index (κ2) is 7.60. The fourth-order valence-corrected chi connectivity index (χ4v) is 3.44. The van der Waals surface area contributed by atoms with Crippen LogP contribution in [0.25, 0.3) is 0 Å². The molecular formula is C21H24N2O3. The highest BCUT2D eigenvalue weighted by Crippen LogP contribution is 2.27. The lowest BCUT2D eigenvalue weighted by Crippen LogP contribution is -2.58. The predicted molar refractivity (Wildman–Crippen MR) is 102 cm³/mol. The van der Waals surface area contributed by atoms with E-state index in [0.717, 1.165) is 17.7 Å². The third-order valence-electron chi connectivity index (χ3n) is 4.92. The maximum atomic E-state index is 13.0. The molecular weight excluding hydrogens is 328 g/mol. The smallest absolute Gasteiger partial charge is 0.258 e. The fraction of sp³-hybridized carbons (Fsp3) is 0.333. The number of benzene rings is 2. The number of hydrogen-bond donors (Lipinski definition) is 0. The van der Waals surface area contributed by atoms with Gasteiger partial charge in [0.2, 0.25) is 5.91 Å². The number of carbonyl (C=O) groups is 2. The van der Waals surface area contributed by atoms with Crippen LogP contribution in [0.1, 0.15) is 29.8 Å². The lowest BCUT2D eigenvalue weighted by molar-refractivity contribution is -0.124. The third kappa shape index (κ3) is 3.17. The molecule has 1 atom stereocenters. The van der Waals surface area contributed by atoms with Gasteiger partial charge >= 0.3 is 0 Å². The number of piperazine rings is 1. The molecule has 0 aromatic heterocycles. The number of carbonyl (C=O) groups excluding carboxylic acids is 2. The molecule has 0 spiro atoms. The number of para-hydroxylation sites is 2. The summed E-state index contributed by atoms with van der Waals surface area (Å²) in [5.74, 6) is 0.294. The quantitative estimate of drug-likeness (QED) is 0.849.